The van der Waals surface area contributed by atoms with Gasteiger partial charge >= 0.3 is 0 Å². The van der Waals surface area contributed by atoms with Crippen molar-refractivity contribution in [2.75, 3.05) is 12.3 Å². The second-order valence-corrected chi connectivity index (χ2v) is 5.97. The van der Waals surface area contributed by atoms with Crippen molar-refractivity contribution in [1.82, 2.24) is 9.88 Å². The standard InChI is InChI=1S/C15H19N3OS/c1-4-18(9-12-7-5-6-10(2)17-12)15(19)14-8-13(16)11(3)20-14/h5-8H,4,9,16H2,1-3H3. The van der Waals surface area contributed by atoms with Crippen LogP contribution in [-0.4, -0.2) is 22.3 Å². The molecule has 0 unspecified atom stereocenters. The summed E-state index contributed by atoms with van der Waals surface area (Å²) >= 11 is 1.44. The fraction of sp³-hybridized carbons (Fsp3) is 0.333. The number of rotatable bonds is 4. The van der Waals surface area contributed by atoms with Gasteiger partial charge in [-0.2, -0.15) is 0 Å². The number of aromatic nitrogens is 1. The molecule has 0 saturated carbocycles. The molecule has 2 heterocycles. The van der Waals surface area contributed by atoms with Gasteiger partial charge in [0.25, 0.3) is 5.91 Å². The van der Waals surface area contributed by atoms with Gasteiger partial charge in [0.15, 0.2) is 0 Å². The molecule has 5 heteroatoms. The molecule has 0 aliphatic carbocycles. The molecule has 2 rings (SSSR count). The van der Waals surface area contributed by atoms with Crippen LogP contribution in [0.2, 0.25) is 0 Å². The van der Waals surface area contributed by atoms with E-state index in [1.807, 2.05) is 39.0 Å². The molecule has 0 spiro atoms. The molecular formula is C15H19N3OS. The third-order valence-electron chi connectivity index (χ3n) is 3.13. The molecule has 106 valence electrons. The highest BCUT2D eigenvalue weighted by molar-refractivity contribution is 7.14. The number of nitrogen functional groups attached to an aromatic ring is 1. The molecular weight excluding hydrogens is 270 g/mol. The van der Waals surface area contributed by atoms with Crippen LogP contribution in [0.3, 0.4) is 0 Å². The smallest absolute Gasteiger partial charge is 0.264 e. The fourth-order valence-corrected chi connectivity index (χ4v) is 2.88. The van der Waals surface area contributed by atoms with Crippen LogP contribution in [0.5, 0.6) is 0 Å². The number of nitrogens with two attached hydrogens (primary N) is 1. The lowest BCUT2D eigenvalue weighted by atomic mass is 10.2. The van der Waals surface area contributed by atoms with Gasteiger partial charge in [-0.05, 0) is 39.0 Å². The highest BCUT2D eigenvalue weighted by Gasteiger charge is 2.18. The summed E-state index contributed by atoms with van der Waals surface area (Å²) in [6, 6.07) is 7.61. The summed E-state index contributed by atoms with van der Waals surface area (Å²) in [5, 5.41) is 0. The largest absolute Gasteiger partial charge is 0.398 e. The number of carbonyl (C=O) groups is 1. The van der Waals surface area contributed by atoms with Gasteiger partial charge in [0.1, 0.15) is 0 Å². The Morgan fingerprint density at radius 2 is 2.15 bits per heavy atom. The molecule has 0 radical (unpaired) electrons. The van der Waals surface area contributed by atoms with Gasteiger partial charge in [0, 0.05) is 22.8 Å². The van der Waals surface area contributed by atoms with Gasteiger partial charge < -0.3 is 10.6 Å². The molecule has 0 bridgehead atoms. The Balaban J connectivity index is 2.17. The van der Waals surface area contributed by atoms with Crippen LogP contribution in [0.25, 0.3) is 0 Å². The van der Waals surface area contributed by atoms with Crippen molar-refractivity contribution < 1.29 is 4.79 Å². The summed E-state index contributed by atoms with van der Waals surface area (Å²) in [6.45, 7) is 7.01. The molecule has 1 amide bonds. The minimum absolute atomic E-state index is 0.0145. The van der Waals surface area contributed by atoms with E-state index in [9.17, 15) is 4.79 Å². The topological polar surface area (TPSA) is 59.2 Å². The molecule has 20 heavy (non-hydrogen) atoms. The average molecular weight is 289 g/mol. The number of anilines is 1. The van der Waals surface area contributed by atoms with E-state index in [4.69, 9.17) is 5.73 Å². The minimum atomic E-state index is 0.0145. The first-order chi connectivity index (χ1) is 9.51. The van der Waals surface area contributed by atoms with E-state index in [1.165, 1.54) is 11.3 Å². The normalized spacial score (nSPS) is 10.6. The Kier molecular flexibility index (Phi) is 4.39. The molecule has 0 aromatic carbocycles. The van der Waals surface area contributed by atoms with Crippen LogP contribution in [-0.2, 0) is 6.54 Å². The Bertz CT molecular complexity index is 602. The Hall–Kier alpha value is -1.88. The summed E-state index contributed by atoms with van der Waals surface area (Å²) in [4.78, 5) is 20.4. The number of carbonyl (C=O) groups excluding carboxylic acids is 1. The maximum atomic E-state index is 12.5. The van der Waals surface area contributed by atoms with Crippen molar-refractivity contribution in [1.29, 1.82) is 0 Å². The van der Waals surface area contributed by atoms with Crippen LogP contribution in [0.15, 0.2) is 24.3 Å². The van der Waals surface area contributed by atoms with E-state index in [1.54, 1.807) is 11.0 Å². The lowest BCUT2D eigenvalue weighted by Gasteiger charge is -2.19. The second kappa shape index (κ2) is 6.05. The third-order valence-corrected chi connectivity index (χ3v) is 4.19. The number of thiophene rings is 1. The first-order valence-electron chi connectivity index (χ1n) is 6.59. The van der Waals surface area contributed by atoms with Crippen molar-refractivity contribution in [2.45, 2.75) is 27.3 Å². The van der Waals surface area contributed by atoms with Crippen molar-refractivity contribution in [2.24, 2.45) is 0 Å². The van der Waals surface area contributed by atoms with E-state index in [0.717, 1.165) is 16.3 Å². The molecule has 0 fully saturated rings. The molecule has 0 atom stereocenters. The number of pyridine rings is 1. The van der Waals surface area contributed by atoms with Gasteiger partial charge in [0.05, 0.1) is 17.1 Å². The van der Waals surface area contributed by atoms with Gasteiger partial charge in [-0.3, -0.25) is 9.78 Å². The van der Waals surface area contributed by atoms with Crippen molar-refractivity contribution in [3.8, 4) is 0 Å². The van der Waals surface area contributed by atoms with Crippen LogP contribution in [0.4, 0.5) is 5.69 Å². The number of aryl methyl sites for hydroxylation is 2. The molecule has 2 aromatic rings. The lowest BCUT2D eigenvalue weighted by molar-refractivity contribution is 0.0755. The quantitative estimate of drug-likeness (QED) is 0.941. The summed E-state index contributed by atoms with van der Waals surface area (Å²) < 4.78 is 0. The lowest BCUT2D eigenvalue weighted by Crippen LogP contribution is -2.30. The average Bonchev–Trinajstić information content (AvgIpc) is 2.75. The summed E-state index contributed by atoms with van der Waals surface area (Å²) in [7, 11) is 0. The molecule has 0 aliphatic rings. The highest BCUT2D eigenvalue weighted by atomic mass is 32.1. The maximum absolute atomic E-state index is 12.5. The monoisotopic (exact) mass is 289 g/mol. The summed E-state index contributed by atoms with van der Waals surface area (Å²) in [5.74, 6) is 0.0145. The zero-order chi connectivity index (χ0) is 14.7. The summed E-state index contributed by atoms with van der Waals surface area (Å²) in [6.07, 6.45) is 0. The van der Waals surface area contributed by atoms with E-state index in [0.29, 0.717) is 23.7 Å². The molecule has 4 nitrogen and oxygen atoms in total. The Morgan fingerprint density at radius 1 is 1.40 bits per heavy atom. The number of amides is 1. The first kappa shape index (κ1) is 14.5. The Morgan fingerprint density at radius 3 is 2.70 bits per heavy atom. The summed E-state index contributed by atoms with van der Waals surface area (Å²) in [5.41, 5.74) is 8.37. The van der Waals surface area contributed by atoms with Gasteiger partial charge in [-0.25, -0.2) is 0 Å². The zero-order valence-corrected chi connectivity index (χ0v) is 12.8. The van der Waals surface area contributed by atoms with Crippen molar-refractivity contribution in [3.63, 3.8) is 0 Å². The number of hydrogen-bond acceptors (Lipinski definition) is 4. The van der Waals surface area contributed by atoms with E-state index < -0.39 is 0 Å². The van der Waals surface area contributed by atoms with Gasteiger partial charge in [-0.1, -0.05) is 6.07 Å². The maximum Gasteiger partial charge on any atom is 0.264 e. The van der Waals surface area contributed by atoms with Gasteiger partial charge in [0.2, 0.25) is 0 Å². The van der Waals surface area contributed by atoms with Crippen molar-refractivity contribution >= 4 is 22.9 Å². The molecule has 2 aromatic heterocycles. The van der Waals surface area contributed by atoms with E-state index in [2.05, 4.69) is 4.98 Å². The Labute approximate surface area is 123 Å². The molecule has 0 aliphatic heterocycles. The fourth-order valence-electron chi connectivity index (χ4n) is 1.97. The van der Waals surface area contributed by atoms with Crippen LogP contribution in [0, 0.1) is 13.8 Å². The predicted octanol–water partition coefficient (Wildman–Crippen LogP) is 3.00. The van der Waals surface area contributed by atoms with Crippen LogP contribution < -0.4 is 5.73 Å². The third kappa shape index (κ3) is 3.17. The van der Waals surface area contributed by atoms with Gasteiger partial charge in [-0.15, -0.1) is 11.3 Å². The van der Waals surface area contributed by atoms with Crippen LogP contribution in [0.1, 0.15) is 32.9 Å². The van der Waals surface area contributed by atoms with E-state index >= 15 is 0 Å². The highest BCUT2D eigenvalue weighted by Crippen LogP contribution is 2.25. The predicted molar refractivity (Wildman–Crippen MR) is 82.9 cm³/mol. The minimum Gasteiger partial charge on any atom is -0.398 e. The van der Waals surface area contributed by atoms with Crippen molar-refractivity contribution in [3.05, 3.63) is 45.4 Å². The number of nitrogens with zero attached hydrogens (tertiary/aromatic N) is 2. The first-order valence-corrected chi connectivity index (χ1v) is 7.40. The number of hydrogen-bond donors (Lipinski definition) is 1. The second-order valence-electron chi connectivity index (χ2n) is 4.71. The SMILES string of the molecule is CCN(Cc1cccc(C)n1)C(=O)c1cc(N)c(C)s1. The van der Waals surface area contributed by atoms with Crippen LogP contribution >= 0.6 is 11.3 Å². The molecule has 0 saturated heterocycles. The van der Waals surface area contributed by atoms with E-state index in [-0.39, 0.29) is 5.91 Å². The zero-order valence-electron chi connectivity index (χ0n) is 12.0. The molecule has 2 N–H and O–H groups in total.